The summed E-state index contributed by atoms with van der Waals surface area (Å²) in [7, 11) is -0.349. The number of hydrogen-bond acceptors (Lipinski definition) is 3. The van der Waals surface area contributed by atoms with Gasteiger partial charge < -0.3 is 9.31 Å². The fourth-order valence-corrected chi connectivity index (χ4v) is 2.82. The first-order valence-electron chi connectivity index (χ1n) is 6.95. The number of aromatic nitrogens is 2. The van der Waals surface area contributed by atoms with Crippen LogP contribution < -0.4 is 5.46 Å². The summed E-state index contributed by atoms with van der Waals surface area (Å²) in [6.45, 7) is 8.22. The van der Waals surface area contributed by atoms with Crippen molar-refractivity contribution in [3.63, 3.8) is 0 Å². The van der Waals surface area contributed by atoms with E-state index in [9.17, 15) is 0 Å². The minimum Gasteiger partial charge on any atom is -0.399 e. The number of nitrogens with zero attached hydrogens (tertiary/aromatic N) is 2. The predicted molar refractivity (Wildman–Crippen MR) is 87.0 cm³/mol. The van der Waals surface area contributed by atoms with E-state index in [-0.39, 0.29) is 18.3 Å². The van der Waals surface area contributed by atoms with Crippen molar-refractivity contribution in [3.05, 3.63) is 41.1 Å². The lowest BCUT2D eigenvalue weighted by molar-refractivity contribution is 0.00578. The minimum absolute atomic E-state index is 0.329. The van der Waals surface area contributed by atoms with Gasteiger partial charge in [0.2, 0.25) is 0 Å². The van der Waals surface area contributed by atoms with E-state index in [0.717, 1.165) is 15.6 Å². The predicted octanol–water partition coefficient (Wildman–Crippen LogP) is 2.93. The maximum absolute atomic E-state index is 6.07. The maximum Gasteiger partial charge on any atom is 0.494 e. The molecule has 4 nitrogen and oxygen atoms in total. The average Bonchev–Trinajstić information content (AvgIpc) is 2.96. The monoisotopic (exact) mass is 348 g/mol. The van der Waals surface area contributed by atoms with Crippen LogP contribution in [0.3, 0.4) is 0 Å². The summed E-state index contributed by atoms with van der Waals surface area (Å²) in [5, 5.41) is 4.24. The molecule has 0 unspecified atom stereocenters. The quantitative estimate of drug-likeness (QED) is 0.783. The fraction of sp³-hybridized carbons (Fsp3) is 0.400. The Bertz CT molecular complexity index is 640. The van der Waals surface area contributed by atoms with Gasteiger partial charge in [-0.05, 0) is 67.3 Å². The van der Waals surface area contributed by atoms with E-state index >= 15 is 0 Å². The third-order valence-corrected chi connectivity index (χ3v) is 4.88. The maximum atomic E-state index is 6.07. The van der Waals surface area contributed by atoms with Crippen LogP contribution in [0.4, 0.5) is 0 Å². The molecule has 0 spiro atoms. The molecule has 2 heterocycles. The molecule has 0 bridgehead atoms. The zero-order chi connectivity index (χ0) is 15.3. The molecule has 1 fully saturated rings. The average molecular weight is 349 g/mol. The second kappa shape index (κ2) is 4.97. The van der Waals surface area contributed by atoms with Gasteiger partial charge in [0.05, 0.1) is 16.9 Å². The summed E-state index contributed by atoms with van der Waals surface area (Å²) < 4.78 is 14.9. The molecule has 1 aromatic carbocycles. The molecule has 1 aliphatic rings. The highest BCUT2D eigenvalue weighted by Crippen LogP contribution is 2.36. The smallest absolute Gasteiger partial charge is 0.399 e. The van der Waals surface area contributed by atoms with E-state index in [0.29, 0.717) is 0 Å². The van der Waals surface area contributed by atoms with E-state index in [1.165, 1.54) is 0 Å². The first kappa shape index (κ1) is 14.8. The fourth-order valence-electron chi connectivity index (χ4n) is 2.25. The van der Waals surface area contributed by atoms with Gasteiger partial charge in [-0.2, -0.15) is 5.10 Å². The van der Waals surface area contributed by atoms with Crippen molar-refractivity contribution >= 4 is 28.5 Å². The van der Waals surface area contributed by atoms with E-state index in [1.54, 1.807) is 6.20 Å². The third kappa shape index (κ3) is 2.56. The summed E-state index contributed by atoms with van der Waals surface area (Å²) in [4.78, 5) is 0. The molecule has 0 radical (unpaired) electrons. The molecular weight excluding hydrogens is 331 g/mol. The van der Waals surface area contributed by atoms with Gasteiger partial charge in [-0.15, -0.1) is 0 Å². The summed E-state index contributed by atoms with van der Waals surface area (Å²) in [5.74, 6) is 0. The molecule has 1 saturated heterocycles. The van der Waals surface area contributed by atoms with Crippen molar-refractivity contribution in [1.82, 2.24) is 9.78 Å². The molecule has 6 heteroatoms. The second-order valence-electron chi connectivity index (χ2n) is 6.25. The van der Waals surface area contributed by atoms with Crippen LogP contribution in [0, 0.1) is 0 Å². The second-order valence-corrected chi connectivity index (χ2v) is 7.10. The van der Waals surface area contributed by atoms with Gasteiger partial charge in [0.15, 0.2) is 0 Å². The van der Waals surface area contributed by atoms with Gasteiger partial charge in [0.1, 0.15) is 0 Å². The minimum atomic E-state index is -0.349. The SMILES string of the molecule is CC1(C)OB(c2ccc(-n3cccn3)c(Br)c2)OC1(C)C. The van der Waals surface area contributed by atoms with Crippen LogP contribution in [0.15, 0.2) is 41.1 Å². The molecule has 0 atom stereocenters. The molecule has 0 saturated carbocycles. The van der Waals surface area contributed by atoms with E-state index in [2.05, 4.69) is 48.7 Å². The van der Waals surface area contributed by atoms with Crippen LogP contribution in [0.25, 0.3) is 5.69 Å². The normalized spacial score (nSPS) is 20.0. The Hall–Kier alpha value is -1.11. The number of halogens is 1. The van der Waals surface area contributed by atoms with E-state index in [1.807, 2.05) is 35.1 Å². The lowest BCUT2D eigenvalue weighted by Crippen LogP contribution is -2.41. The van der Waals surface area contributed by atoms with Crippen LogP contribution in [0.1, 0.15) is 27.7 Å². The highest BCUT2D eigenvalue weighted by molar-refractivity contribution is 9.10. The Labute approximate surface area is 133 Å². The Morgan fingerprint density at radius 3 is 2.33 bits per heavy atom. The van der Waals surface area contributed by atoms with Gasteiger partial charge in [0, 0.05) is 16.9 Å². The molecule has 0 N–H and O–H groups in total. The Morgan fingerprint density at radius 2 is 1.81 bits per heavy atom. The number of rotatable bonds is 2. The Balaban J connectivity index is 1.90. The Kier molecular flexibility index (Phi) is 3.51. The van der Waals surface area contributed by atoms with Gasteiger partial charge in [-0.25, -0.2) is 4.68 Å². The van der Waals surface area contributed by atoms with Crippen molar-refractivity contribution in [1.29, 1.82) is 0 Å². The van der Waals surface area contributed by atoms with E-state index in [4.69, 9.17) is 9.31 Å². The largest absolute Gasteiger partial charge is 0.494 e. The van der Waals surface area contributed by atoms with Gasteiger partial charge >= 0.3 is 7.12 Å². The summed E-state index contributed by atoms with van der Waals surface area (Å²) >= 11 is 3.60. The van der Waals surface area contributed by atoms with Crippen molar-refractivity contribution < 1.29 is 9.31 Å². The van der Waals surface area contributed by atoms with Gasteiger partial charge in [-0.3, -0.25) is 0 Å². The molecule has 3 rings (SSSR count). The Morgan fingerprint density at radius 1 is 1.14 bits per heavy atom. The molecule has 2 aromatic rings. The molecule has 0 aliphatic carbocycles. The van der Waals surface area contributed by atoms with Crippen molar-refractivity contribution in [2.75, 3.05) is 0 Å². The van der Waals surface area contributed by atoms with Crippen LogP contribution >= 0.6 is 15.9 Å². The van der Waals surface area contributed by atoms with Crippen molar-refractivity contribution in [3.8, 4) is 5.69 Å². The molecule has 1 aliphatic heterocycles. The molecule has 21 heavy (non-hydrogen) atoms. The van der Waals surface area contributed by atoms with Crippen molar-refractivity contribution in [2.45, 2.75) is 38.9 Å². The standard InChI is InChI=1S/C15H18BBrN2O2/c1-14(2)15(3,4)21-16(20-14)11-6-7-13(12(17)10-11)19-9-5-8-18-19/h5-10H,1-4H3. The van der Waals surface area contributed by atoms with E-state index < -0.39 is 0 Å². The third-order valence-electron chi connectivity index (χ3n) is 4.25. The lowest BCUT2D eigenvalue weighted by Gasteiger charge is -2.32. The molecule has 1 aromatic heterocycles. The lowest BCUT2D eigenvalue weighted by atomic mass is 9.79. The zero-order valence-electron chi connectivity index (χ0n) is 12.6. The highest BCUT2D eigenvalue weighted by atomic mass is 79.9. The first-order valence-corrected chi connectivity index (χ1v) is 7.75. The molecule has 0 amide bonds. The van der Waals surface area contributed by atoms with Gasteiger partial charge in [0.25, 0.3) is 0 Å². The van der Waals surface area contributed by atoms with Crippen molar-refractivity contribution in [2.24, 2.45) is 0 Å². The highest BCUT2D eigenvalue weighted by Gasteiger charge is 2.51. The topological polar surface area (TPSA) is 36.3 Å². The first-order chi connectivity index (χ1) is 9.80. The summed E-state index contributed by atoms with van der Waals surface area (Å²) in [5.41, 5.74) is 1.33. The summed E-state index contributed by atoms with van der Waals surface area (Å²) in [6.07, 6.45) is 3.67. The molecular formula is C15H18BBrN2O2. The van der Waals surface area contributed by atoms with Crippen LogP contribution in [0.2, 0.25) is 0 Å². The number of benzene rings is 1. The summed E-state index contributed by atoms with van der Waals surface area (Å²) in [6, 6.07) is 7.95. The van der Waals surface area contributed by atoms with Gasteiger partial charge in [-0.1, -0.05) is 6.07 Å². The van der Waals surface area contributed by atoms with Crippen LogP contribution in [0.5, 0.6) is 0 Å². The van der Waals surface area contributed by atoms with Crippen LogP contribution in [-0.2, 0) is 9.31 Å². The zero-order valence-corrected chi connectivity index (χ0v) is 14.2. The van der Waals surface area contributed by atoms with Crippen LogP contribution in [-0.4, -0.2) is 28.1 Å². The molecule has 110 valence electrons. The number of hydrogen-bond donors (Lipinski definition) is 0.